The molecule has 0 aromatic heterocycles. The first kappa shape index (κ1) is 23.5. The Morgan fingerprint density at radius 1 is 0.794 bits per heavy atom. The van der Waals surface area contributed by atoms with Gasteiger partial charge in [0.1, 0.15) is 11.6 Å². The lowest BCUT2D eigenvalue weighted by atomic mass is 9.94. The minimum absolute atomic E-state index is 0.0808. The third-order valence-electron chi connectivity index (χ3n) is 5.26. The molecular weight excluding hydrogens is 500 g/mol. The van der Waals surface area contributed by atoms with Gasteiger partial charge in [-0.3, -0.25) is 9.59 Å². The van der Waals surface area contributed by atoms with Crippen LogP contribution >= 0.6 is 15.9 Å². The zero-order valence-corrected chi connectivity index (χ0v) is 19.6. The van der Waals surface area contributed by atoms with E-state index in [1.165, 1.54) is 35.2 Å². The van der Waals surface area contributed by atoms with Gasteiger partial charge >= 0.3 is 0 Å². The Kier molecular flexibility index (Phi) is 7.28. The fourth-order valence-electron chi connectivity index (χ4n) is 3.67. The average molecular weight is 520 g/mol. The van der Waals surface area contributed by atoms with Crippen LogP contribution in [-0.4, -0.2) is 29.7 Å². The van der Waals surface area contributed by atoms with Crippen molar-refractivity contribution in [3.8, 4) is 0 Å². The van der Waals surface area contributed by atoms with Gasteiger partial charge in [-0.1, -0.05) is 52.3 Å². The zero-order chi connectivity index (χ0) is 24.1. The molecule has 0 N–H and O–H groups in total. The van der Waals surface area contributed by atoms with E-state index in [9.17, 15) is 18.4 Å². The van der Waals surface area contributed by atoms with Crippen molar-refractivity contribution >= 4 is 45.8 Å². The number of carbonyl (C=O) groups is 2. The molecule has 0 aliphatic carbocycles. The molecular formula is C28H20BrF2NO2. The van der Waals surface area contributed by atoms with E-state index < -0.39 is 11.6 Å². The Bertz CT molecular complexity index is 1280. The molecule has 1 amide bonds. The molecule has 0 unspecified atom stereocenters. The highest BCUT2D eigenvalue weighted by Gasteiger charge is 2.28. The van der Waals surface area contributed by atoms with Crippen LogP contribution in [0.2, 0.25) is 0 Å². The van der Waals surface area contributed by atoms with Crippen molar-refractivity contribution in [2.45, 2.75) is 0 Å². The SMILES string of the molecule is O=C1/C(=C/c2cccc(F)c2)CN(C(=O)/C=C/c2cccc(Br)c2)C/C1=C\c1cccc(F)c1. The molecule has 1 saturated heterocycles. The van der Waals surface area contributed by atoms with Crippen LogP contribution in [0.15, 0.2) is 94.5 Å². The number of hydrogen-bond acceptors (Lipinski definition) is 2. The standard InChI is InChI=1S/C28H20BrF2NO2/c29-24-7-1-4-19(14-24)10-11-27(33)32-17-22(12-20-5-2-8-25(30)15-20)28(34)23(18-32)13-21-6-3-9-26(31)16-21/h1-16H,17-18H2/b11-10+,22-12+,23-13+. The van der Waals surface area contributed by atoms with E-state index in [2.05, 4.69) is 15.9 Å². The number of nitrogens with zero attached hydrogens (tertiary/aromatic N) is 1. The van der Waals surface area contributed by atoms with Gasteiger partial charge in [-0.05, 0) is 71.3 Å². The van der Waals surface area contributed by atoms with Gasteiger partial charge in [0.15, 0.2) is 5.78 Å². The van der Waals surface area contributed by atoms with Gasteiger partial charge in [0.05, 0.1) is 13.1 Å². The molecule has 170 valence electrons. The van der Waals surface area contributed by atoms with Gasteiger partial charge in [0.25, 0.3) is 0 Å². The van der Waals surface area contributed by atoms with E-state index in [4.69, 9.17) is 0 Å². The summed E-state index contributed by atoms with van der Waals surface area (Å²) in [5, 5.41) is 0. The molecule has 3 aromatic rings. The first-order valence-electron chi connectivity index (χ1n) is 10.6. The minimum atomic E-state index is -0.418. The van der Waals surface area contributed by atoms with Crippen LogP contribution < -0.4 is 0 Å². The number of halogens is 3. The fraction of sp³-hybridized carbons (Fsp3) is 0.0714. The van der Waals surface area contributed by atoms with Crippen molar-refractivity contribution in [3.05, 3.63) is 123 Å². The fourth-order valence-corrected chi connectivity index (χ4v) is 4.09. The van der Waals surface area contributed by atoms with E-state index in [-0.39, 0.29) is 24.8 Å². The van der Waals surface area contributed by atoms with Crippen LogP contribution in [-0.2, 0) is 9.59 Å². The molecule has 0 bridgehead atoms. The number of Topliss-reactive ketones (excluding diaryl/α,β-unsaturated/α-hetero) is 1. The highest BCUT2D eigenvalue weighted by Crippen LogP contribution is 2.23. The van der Waals surface area contributed by atoms with E-state index >= 15 is 0 Å². The van der Waals surface area contributed by atoms with E-state index in [1.807, 2.05) is 24.3 Å². The lowest BCUT2D eigenvalue weighted by molar-refractivity contribution is -0.126. The summed E-state index contributed by atoms with van der Waals surface area (Å²) in [6.07, 6.45) is 6.33. The number of hydrogen-bond donors (Lipinski definition) is 0. The van der Waals surface area contributed by atoms with Gasteiger partial charge in [-0.15, -0.1) is 0 Å². The zero-order valence-electron chi connectivity index (χ0n) is 18.0. The number of likely N-dealkylation sites (tertiary alicyclic amines) is 1. The second-order valence-corrected chi connectivity index (χ2v) is 8.78. The Labute approximate surface area is 204 Å². The normalized spacial score (nSPS) is 16.6. The Hall–Kier alpha value is -3.64. The summed E-state index contributed by atoms with van der Waals surface area (Å²) in [6, 6.07) is 19.3. The molecule has 0 radical (unpaired) electrons. The summed E-state index contributed by atoms with van der Waals surface area (Å²) < 4.78 is 28.2. The first-order chi connectivity index (χ1) is 16.4. The summed E-state index contributed by atoms with van der Waals surface area (Å²) in [4.78, 5) is 27.7. The van der Waals surface area contributed by atoms with Crippen molar-refractivity contribution in [2.75, 3.05) is 13.1 Å². The predicted molar refractivity (Wildman–Crippen MR) is 134 cm³/mol. The van der Waals surface area contributed by atoms with E-state index in [0.717, 1.165) is 10.0 Å². The summed E-state index contributed by atoms with van der Waals surface area (Å²) in [5.74, 6) is -1.37. The van der Waals surface area contributed by atoms with Crippen LogP contribution in [0.3, 0.4) is 0 Å². The number of carbonyl (C=O) groups excluding carboxylic acids is 2. The molecule has 34 heavy (non-hydrogen) atoms. The van der Waals surface area contributed by atoms with Crippen molar-refractivity contribution < 1.29 is 18.4 Å². The monoisotopic (exact) mass is 519 g/mol. The second kappa shape index (κ2) is 10.5. The summed E-state index contributed by atoms with van der Waals surface area (Å²) in [5.41, 5.74) is 2.59. The van der Waals surface area contributed by atoms with Crippen LogP contribution in [0.5, 0.6) is 0 Å². The largest absolute Gasteiger partial charge is 0.330 e. The smallest absolute Gasteiger partial charge is 0.247 e. The van der Waals surface area contributed by atoms with Gasteiger partial charge in [0, 0.05) is 21.7 Å². The third kappa shape index (κ3) is 6.02. The quantitative estimate of drug-likeness (QED) is 0.378. The Morgan fingerprint density at radius 3 is 1.85 bits per heavy atom. The van der Waals surface area contributed by atoms with Crippen LogP contribution in [0.4, 0.5) is 8.78 Å². The number of piperidine rings is 1. The lowest BCUT2D eigenvalue weighted by Crippen LogP contribution is -2.40. The van der Waals surface area contributed by atoms with Gasteiger partial charge < -0.3 is 4.90 Å². The highest BCUT2D eigenvalue weighted by molar-refractivity contribution is 9.10. The molecule has 6 heteroatoms. The van der Waals surface area contributed by atoms with Crippen molar-refractivity contribution in [1.82, 2.24) is 4.90 Å². The first-order valence-corrected chi connectivity index (χ1v) is 11.4. The number of benzene rings is 3. The van der Waals surface area contributed by atoms with Gasteiger partial charge in [-0.2, -0.15) is 0 Å². The van der Waals surface area contributed by atoms with Crippen LogP contribution in [0, 0.1) is 11.6 Å². The number of ketones is 1. The van der Waals surface area contributed by atoms with Crippen LogP contribution in [0.1, 0.15) is 16.7 Å². The number of amides is 1. The summed E-state index contributed by atoms with van der Waals surface area (Å²) in [6.45, 7) is 0.162. The van der Waals surface area contributed by atoms with Crippen molar-refractivity contribution in [2.24, 2.45) is 0 Å². The molecule has 3 nitrogen and oxygen atoms in total. The van der Waals surface area contributed by atoms with Crippen LogP contribution in [0.25, 0.3) is 18.2 Å². The molecule has 1 aliphatic rings. The van der Waals surface area contributed by atoms with E-state index in [1.54, 1.807) is 42.5 Å². The number of rotatable bonds is 4. The van der Waals surface area contributed by atoms with Crippen molar-refractivity contribution in [1.29, 1.82) is 0 Å². The maximum absolute atomic E-state index is 13.7. The maximum atomic E-state index is 13.7. The molecule has 3 aromatic carbocycles. The summed E-state index contributed by atoms with van der Waals surface area (Å²) >= 11 is 3.41. The second-order valence-electron chi connectivity index (χ2n) is 7.86. The lowest BCUT2D eigenvalue weighted by Gasteiger charge is -2.29. The van der Waals surface area contributed by atoms with Gasteiger partial charge in [-0.25, -0.2) is 8.78 Å². The molecule has 4 rings (SSSR count). The van der Waals surface area contributed by atoms with Crippen molar-refractivity contribution in [3.63, 3.8) is 0 Å². The molecule has 0 saturated carbocycles. The Balaban J connectivity index is 1.67. The predicted octanol–water partition coefficient (Wildman–Crippen LogP) is 6.32. The van der Waals surface area contributed by atoms with E-state index in [0.29, 0.717) is 22.3 Å². The molecule has 0 atom stereocenters. The third-order valence-corrected chi connectivity index (χ3v) is 5.76. The molecule has 1 fully saturated rings. The summed E-state index contributed by atoms with van der Waals surface area (Å²) in [7, 11) is 0. The average Bonchev–Trinajstić information content (AvgIpc) is 2.80. The molecule has 0 spiro atoms. The molecule has 1 heterocycles. The topological polar surface area (TPSA) is 37.4 Å². The Morgan fingerprint density at radius 2 is 1.32 bits per heavy atom. The highest BCUT2D eigenvalue weighted by atomic mass is 79.9. The molecule has 1 aliphatic heterocycles. The maximum Gasteiger partial charge on any atom is 0.247 e. The van der Waals surface area contributed by atoms with Gasteiger partial charge in [0.2, 0.25) is 5.91 Å². The minimum Gasteiger partial charge on any atom is -0.330 e.